The first-order valence-corrected chi connectivity index (χ1v) is 12.6. The van der Waals surface area contributed by atoms with E-state index in [-0.39, 0.29) is 57.4 Å². The van der Waals surface area contributed by atoms with E-state index in [9.17, 15) is 14.4 Å². The summed E-state index contributed by atoms with van der Waals surface area (Å²) in [5.41, 5.74) is 1.75. The van der Waals surface area contributed by atoms with E-state index in [1.807, 2.05) is 42.6 Å². The number of hydrogen-bond acceptors (Lipinski definition) is 6. The average molecular weight is 462 g/mol. The minimum atomic E-state index is -0.272. The number of rotatable bonds is 2. The number of thioether (sulfide) groups is 1. The summed E-state index contributed by atoms with van der Waals surface area (Å²) < 4.78 is 0. The van der Waals surface area contributed by atoms with Crippen molar-refractivity contribution in [2.24, 2.45) is 29.6 Å². The van der Waals surface area contributed by atoms with E-state index >= 15 is 0 Å². The van der Waals surface area contributed by atoms with Gasteiger partial charge in [0.25, 0.3) is 0 Å². The Kier molecular flexibility index (Phi) is 3.91. The molecule has 1 aromatic carbocycles. The molecule has 32 heavy (non-hydrogen) atoms. The van der Waals surface area contributed by atoms with Crippen molar-refractivity contribution in [3.05, 3.63) is 75.0 Å². The lowest BCUT2D eigenvalue weighted by Crippen LogP contribution is -2.42. The van der Waals surface area contributed by atoms with Crippen molar-refractivity contribution in [1.29, 1.82) is 0 Å². The molecule has 7 rings (SSSR count). The number of hydrogen-bond donors (Lipinski definition) is 1. The molecule has 2 aromatic heterocycles. The molecule has 3 fully saturated rings. The third-order valence-corrected chi connectivity index (χ3v) is 10.4. The lowest BCUT2D eigenvalue weighted by Gasteiger charge is -2.42. The highest BCUT2D eigenvalue weighted by atomic mass is 32.2. The number of carbonyl (C=O) groups excluding carboxylic acids is 2. The van der Waals surface area contributed by atoms with Gasteiger partial charge in [-0.2, -0.15) is 0 Å². The minimum absolute atomic E-state index is 0.0264. The van der Waals surface area contributed by atoms with Crippen molar-refractivity contribution in [1.82, 2.24) is 9.97 Å². The zero-order valence-electron chi connectivity index (χ0n) is 16.9. The average Bonchev–Trinajstić information content (AvgIpc) is 3.53. The Balaban J connectivity index is 1.34. The monoisotopic (exact) mass is 461 g/mol. The van der Waals surface area contributed by atoms with Gasteiger partial charge in [-0.15, -0.1) is 11.8 Å². The minimum Gasteiger partial charge on any atom is -0.307 e. The molecule has 7 atom stereocenters. The number of amides is 2. The van der Waals surface area contributed by atoms with Crippen LogP contribution in [-0.2, 0) is 9.59 Å². The number of anilines is 1. The van der Waals surface area contributed by atoms with Crippen molar-refractivity contribution < 1.29 is 9.59 Å². The van der Waals surface area contributed by atoms with Crippen LogP contribution in [0.2, 0.25) is 0 Å². The smallest absolute Gasteiger partial charge is 0.305 e. The molecule has 1 N–H and O–H groups in total. The molecule has 3 aromatic rings. The lowest BCUT2D eigenvalue weighted by atomic mass is 9.68. The Labute approximate surface area is 192 Å². The van der Waals surface area contributed by atoms with Crippen LogP contribution in [0.5, 0.6) is 0 Å². The van der Waals surface area contributed by atoms with Gasteiger partial charge in [0.2, 0.25) is 11.8 Å². The van der Waals surface area contributed by atoms with Gasteiger partial charge >= 0.3 is 4.87 Å². The number of fused-ring (bicyclic) bond motifs is 9. The second-order valence-electron chi connectivity index (χ2n) is 9.09. The molecule has 2 amide bonds. The summed E-state index contributed by atoms with van der Waals surface area (Å²) in [4.78, 5) is 49.1. The second kappa shape index (κ2) is 6.65. The van der Waals surface area contributed by atoms with Gasteiger partial charge in [-0.25, -0.2) is 0 Å². The molecule has 2 bridgehead atoms. The number of nitrogens with zero attached hydrogens (tertiary/aromatic N) is 2. The Bertz CT molecular complexity index is 1300. The van der Waals surface area contributed by atoms with Crippen molar-refractivity contribution in [3.63, 3.8) is 0 Å². The number of imide groups is 1. The number of H-pyrrole nitrogens is 1. The zero-order valence-corrected chi connectivity index (χ0v) is 18.5. The van der Waals surface area contributed by atoms with Gasteiger partial charge in [-0.1, -0.05) is 35.6 Å². The number of benzene rings is 1. The first-order chi connectivity index (χ1) is 15.6. The predicted molar refractivity (Wildman–Crippen MR) is 122 cm³/mol. The molecule has 2 aliphatic heterocycles. The SMILES string of the molecule is O=C1C2C3CC(C2C(=O)N1c1ccccc1)C1C(c2cccnc2)c2sc(=O)[nH]c2SC31. The van der Waals surface area contributed by atoms with Gasteiger partial charge in [0.05, 0.1) is 22.5 Å². The number of nitrogens with one attached hydrogen (secondary N) is 1. The van der Waals surface area contributed by atoms with Gasteiger partial charge < -0.3 is 4.98 Å². The molecule has 1 saturated heterocycles. The van der Waals surface area contributed by atoms with Crippen LogP contribution in [0.25, 0.3) is 0 Å². The molecule has 7 unspecified atom stereocenters. The summed E-state index contributed by atoms with van der Waals surface area (Å²) in [7, 11) is 0. The maximum atomic E-state index is 13.6. The summed E-state index contributed by atoms with van der Waals surface area (Å²) in [5.74, 6) is -0.140. The zero-order chi connectivity index (χ0) is 21.6. The van der Waals surface area contributed by atoms with E-state index in [1.54, 1.807) is 18.0 Å². The van der Waals surface area contributed by atoms with Crippen LogP contribution in [0.15, 0.2) is 64.7 Å². The summed E-state index contributed by atoms with van der Waals surface area (Å²) in [5, 5.41) is 1.13. The van der Waals surface area contributed by atoms with E-state index in [0.717, 1.165) is 21.9 Å². The summed E-state index contributed by atoms with van der Waals surface area (Å²) in [6.45, 7) is 0. The molecule has 4 heterocycles. The predicted octanol–water partition coefficient (Wildman–Crippen LogP) is 3.51. The van der Waals surface area contributed by atoms with Crippen LogP contribution < -0.4 is 9.77 Å². The number of aromatic nitrogens is 2. The standard InChI is InChI=1S/C24H19N3O3S2/c28-22-17-13-9-14(18(17)23(29)27(22)12-6-2-1-3-7-12)19-16(13)15(11-5-4-8-25-10-11)20-21(31-19)26-24(30)32-20/h1-8,10,13-19H,9H2,(H,26,30). The maximum absolute atomic E-state index is 13.6. The van der Waals surface area contributed by atoms with E-state index in [1.165, 1.54) is 16.2 Å². The van der Waals surface area contributed by atoms with Crippen LogP contribution in [-0.4, -0.2) is 27.0 Å². The van der Waals surface area contributed by atoms with E-state index < -0.39 is 0 Å². The van der Waals surface area contributed by atoms with E-state index in [2.05, 4.69) is 16.0 Å². The van der Waals surface area contributed by atoms with Gasteiger partial charge in [0, 0.05) is 28.4 Å². The van der Waals surface area contributed by atoms with Gasteiger partial charge in [-0.05, 0) is 47.9 Å². The van der Waals surface area contributed by atoms with Crippen LogP contribution in [0.1, 0.15) is 22.8 Å². The number of pyridine rings is 1. The highest BCUT2D eigenvalue weighted by molar-refractivity contribution is 8.00. The molecular formula is C24H19N3O3S2. The van der Waals surface area contributed by atoms with Gasteiger partial charge in [0.1, 0.15) is 0 Å². The fraction of sp³-hybridized carbons (Fsp3) is 0.333. The van der Waals surface area contributed by atoms with Crippen molar-refractivity contribution in [3.8, 4) is 0 Å². The van der Waals surface area contributed by atoms with Crippen LogP contribution in [0.4, 0.5) is 5.69 Å². The molecule has 4 aliphatic rings. The molecule has 2 aliphatic carbocycles. The largest absolute Gasteiger partial charge is 0.307 e. The molecule has 0 radical (unpaired) electrons. The lowest BCUT2D eigenvalue weighted by molar-refractivity contribution is -0.123. The fourth-order valence-electron chi connectivity index (χ4n) is 6.78. The van der Waals surface area contributed by atoms with Crippen molar-refractivity contribution >= 4 is 40.6 Å². The van der Waals surface area contributed by atoms with Crippen molar-refractivity contribution in [2.45, 2.75) is 22.6 Å². The van der Waals surface area contributed by atoms with E-state index in [0.29, 0.717) is 5.69 Å². The third kappa shape index (κ3) is 2.37. The second-order valence-corrected chi connectivity index (χ2v) is 11.3. The molecule has 8 heteroatoms. The Morgan fingerprint density at radius 2 is 1.75 bits per heavy atom. The summed E-state index contributed by atoms with van der Waals surface area (Å²) >= 11 is 2.98. The highest BCUT2D eigenvalue weighted by Crippen LogP contribution is 2.68. The Morgan fingerprint density at radius 3 is 2.50 bits per heavy atom. The normalized spacial score (nSPS) is 34.5. The van der Waals surface area contributed by atoms with Crippen LogP contribution in [0.3, 0.4) is 0 Å². The molecule has 160 valence electrons. The van der Waals surface area contributed by atoms with Crippen LogP contribution >= 0.6 is 23.1 Å². The summed E-state index contributed by atoms with van der Waals surface area (Å²) in [6, 6.07) is 13.3. The first-order valence-electron chi connectivity index (χ1n) is 10.9. The molecule has 2 saturated carbocycles. The number of aromatic amines is 1. The molecule has 6 nitrogen and oxygen atoms in total. The number of para-hydroxylation sites is 1. The molecular weight excluding hydrogens is 442 g/mol. The quantitative estimate of drug-likeness (QED) is 0.591. The summed E-state index contributed by atoms with van der Waals surface area (Å²) in [6.07, 6.45) is 4.54. The topological polar surface area (TPSA) is 83.1 Å². The maximum Gasteiger partial charge on any atom is 0.305 e. The van der Waals surface area contributed by atoms with Gasteiger partial charge in [0.15, 0.2) is 0 Å². The van der Waals surface area contributed by atoms with Crippen LogP contribution in [0, 0.1) is 29.6 Å². The number of carbonyl (C=O) groups is 2. The van der Waals surface area contributed by atoms with Gasteiger partial charge in [-0.3, -0.25) is 24.3 Å². The fourth-order valence-corrected chi connectivity index (χ4v) is 9.67. The third-order valence-electron chi connectivity index (χ3n) is 7.78. The Hall–Kier alpha value is -2.71. The van der Waals surface area contributed by atoms with Crippen molar-refractivity contribution in [2.75, 3.05) is 4.90 Å². The Morgan fingerprint density at radius 1 is 0.969 bits per heavy atom. The number of thiazole rings is 1. The highest BCUT2D eigenvalue weighted by Gasteiger charge is 2.69. The molecule has 0 spiro atoms. The first kappa shape index (κ1) is 18.8. The van der Waals surface area contributed by atoms with E-state index in [4.69, 9.17) is 0 Å².